The Labute approximate surface area is 163 Å². The first-order chi connectivity index (χ1) is 12.8. The van der Waals surface area contributed by atoms with E-state index in [4.69, 9.17) is 4.74 Å². The number of benzene rings is 2. The second-order valence-corrected chi connectivity index (χ2v) is 8.51. The largest absolute Gasteiger partial charge is 0.496 e. The molecule has 0 unspecified atom stereocenters. The smallest absolute Gasteiger partial charge is 0.243 e. The third kappa shape index (κ3) is 5.09. The molecule has 0 heterocycles. The van der Waals surface area contributed by atoms with E-state index >= 15 is 0 Å². The highest BCUT2D eigenvalue weighted by molar-refractivity contribution is 7.89. The van der Waals surface area contributed by atoms with E-state index in [-0.39, 0.29) is 6.04 Å². The van der Waals surface area contributed by atoms with Gasteiger partial charge >= 0.3 is 0 Å². The molecule has 2 rings (SSSR count). The monoisotopic (exact) mass is 390 g/mol. The van der Waals surface area contributed by atoms with Crippen molar-refractivity contribution in [3.05, 3.63) is 59.2 Å². The topological polar surface area (TPSA) is 58.6 Å². The minimum absolute atomic E-state index is 0.0837. The fraction of sp³-hybridized carbons (Fsp3) is 0.429. The molecule has 0 aliphatic carbocycles. The summed E-state index contributed by atoms with van der Waals surface area (Å²) in [6.45, 7) is 9.43. The van der Waals surface area contributed by atoms with Crippen molar-refractivity contribution in [3.63, 3.8) is 0 Å². The summed E-state index contributed by atoms with van der Waals surface area (Å²) in [4.78, 5) is 0.336. The molecule has 1 N–H and O–H groups in total. The van der Waals surface area contributed by atoms with Crippen LogP contribution in [0.15, 0.2) is 47.4 Å². The van der Waals surface area contributed by atoms with Crippen molar-refractivity contribution in [2.75, 3.05) is 20.2 Å². The second kappa shape index (κ2) is 9.35. The number of ether oxygens (including phenoxy) is 1. The molecule has 0 amide bonds. The van der Waals surface area contributed by atoms with Gasteiger partial charge in [0, 0.05) is 31.2 Å². The maximum Gasteiger partial charge on any atom is 0.243 e. The van der Waals surface area contributed by atoms with Gasteiger partial charge in [-0.05, 0) is 37.6 Å². The molecule has 0 saturated carbocycles. The number of nitrogens with one attached hydrogen (secondary N) is 1. The molecular weight excluding hydrogens is 360 g/mol. The molecule has 0 aliphatic rings. The first kappa shape index (κ1) is 21.4. The van der Waals surface area contributed by atoms with Gasteiger partial charge in [-0.15, -0.1) is 0 Å². The standard InChI is InChI=1S/C21H30N2O3S/c1-6-23(7-2)27(24,25)20-11-9-18(10-12-20)17(4)22-15-19-14-16(3)8-13-21(19)26-5/h8-14,17,22H,6-7,15H2,1-5H3/t17-/m0/s1. The lowest BCUT2D eigenvalue weighted by Crippen LogP contribution is -2.30. The van der Waals surface area contributed by atoms with Crippen LogP contribution in [0, 0.1) is 6.92 Å². The van der Waals surface area contributed by atoms with Crippen molar-refractivity contribution >= 4 is 10.0 Å². The molecule has 27 heavy (non-hydrogen) atoms. The average Bonchev–Trinajstić information content (AvgIpc) is 2.67. The Morgan fingerprint density at radius 2 is 1.70 bits per heavy atom. The van der Waals surface area contributed by atoms with E-state index in [0.717, 1.165) is 16.9 Å². The molecule has 0 aliphatic heterocycles. The summed E-state index contributed by atoms with van der Waals surface area (Å²) in [7, 11) is -1.74. The van der Waals surface area contributed by atoms with Gasteiger partial charge in [-0.3, -0.25) is 0 Å². The van der Waals surface area contributed by atoms with Crippen LogP contribution in [0.25, 0.3) is 0 Å². The molecule has 0 radical (unpaired) electrons. The minimum atomic E-state index is -3.42. The number of hydrogen-bond donors (Lipinski definition) is 1. The van der Waals surface area contributed by atoms with Crippen LogP contribution >= 0.6 is 0 Å². The molecule has 2 aromatic rings. The number of rotatable bonds is 9. The number of sulfonamides is 1. The van der Waals surface area contributed by atoms with E-state index < -0.39 is 10.0 Å². The van der Waals surface area contributed by atoms with Crippen molar-refractivity contribution in [1.29, 1.82) is 0 Å². The van der Waals surface area contributed by atoms with Gasteiger partial charge in [-0.1, -0.05) is 43.7 Å². The molecule has 2 aromatic carbocycles. The summed E-state index contributed by atoms with van der Waals surface area (Å²) in [5.74, 6) is 0.862. The summed E-state index contributed by atoms with van der Waals surface area (Å²) >= 11 is 0. The quantitative estimate of drug-likeness (QED) is 0.706. The Kier molecular flexibility index (Phi) is 7.41. The minimum Gasteiger partial charge on any atom is -0.496 e. The number of aryl methyl sites for hydroxylation is 1. The van der Waals surface area contributed by atoms with E-state index in [0.29, 0.717) is 24.5 Å². The zero-order chi connectivity index (χ0) is 20.0. The van der Waals surface area contributed by atoms with E-state index in [1.165, 1.54) is 9.87 Å². The maximum absolute atomic E-state index is 12.6. The van der Waals surface area contributed by atoms with Crippen molar-refractivity contribution in [2.45, 2.75) is 45.2 Å². The highest BCUT2D eigenvalue weighted by Gasteiger charge is 2.21. The Morgan fingerprint density at radius 1 is 1.07 bits per heavy atom. The molecule has 0 spiro atoms. The predicted octanol–water partition coefficient (Wildman–Crippen LogP) is 3.88. The van der Waals surface area contributed by atoms with Crippen LogP contribution in [0.5, 0.6) is 5.75 Å². The second-order valence-electron chi connectivity index (χ2n) is 6.58. The first-order valence-corrected chi connectivity index (χ1v) is 10.7. The van der Waals surface area contributed by atoms with E-state index in [2.05, 4.69) is 25.2 Å². The third-order valence-corrected chi connectivity index (χ3v) is 6.82. The molecule has 5 nitrogen and oxygen atoms in total. The maximum atomic E-state index is 12.6. The highest BCUT2D eigenvalue weighted by atomic mass is 32.2. The molecule has 0 aromatic heterocycles. The fourth-order valence-corrected chi connectivity index (χ4v) is 4.53. The van der Waals surface area contributed by atoms with Crippen LogP contribution in [-0.2, 0) is 16.6 Å². The van der Waals surface area contributed by atoms with Gasteiger partial charge in [-0.2, -0.15) is 4.31 Å². The summed E-state index contributed by atoms with van der Waals surface area (Å²) in [5.41, 5.74) is 3.33. The normalized spacial score (nSPS) is 13.0. The number of methoxy groups -OCH3 is 1. The lowest BCUT2D eigenvalue weighted by Gasteiger charge is -2.20. The van der Waals surface area contributed by atoms with Crippen molar-refractivity contribution < 1.29 is 13.2 Å². The van der Waals surface area contributed by atoms with Crippen LogP contribution in [0.1, 0.15) is 43.5 Å². The van der Waals surface area contributed by atoms with Crippen LogP contribution in [0.2, 0.25) is 0 Å². The van der Waals surface area contributed by atoms with Crippen LogP contribution in [-0.4, -0.2) is 32.9 Å². The average molecular weight is 391 g/mol. The lowest BCUT2D eigenvalue weighted by molar-refractivity contribution is 0.406. The van der Waals surface area contributed by atoms with Gasteiger partial charge in [0.2, 0.25) is 10.0 Å². The Morgan fingerprint density at radius 3 is 2.26 bits per heavy atom. The number of nitrogens with zero attached hydrogens (tertiary/aromatic N) is 1. The highest BCUT2D eigenvalue weighted by Crippen LogP contribution is 2.22. The third-order valence-electron chi connectivity index (χ3n) is 4.76. The summed E-state index contributed by atoms with van der Waals surface area (Å²) in [6, 6.07) is 13.3. The van der Waals surface area contributed by atoms with E-state index in [1.807, 2.05) is 38.1 Å². The molecule has 148 valence electrons. The van der Waals surface area contributed by atoms with Crippen molar-refractivity contribution in [3.8, 4) is 5.75 Å². The van der Waals surface area contributed by atoms with Crippen molar-refractivity contribution in [2.24, 2.45) is 0 Å². The molecular formula is C21H30N2O3S. The van der Waals surface area contributed by atoms with E-state index in [9.17, 15) is 8.42 Å². The summed E-state index contributed by atoms with van der Waals surface area (Å²) in [5, 5.41) is 3.48. The molecule has 6 heteroatoms. The Hall–Kier alpha value is -1.89. The van der Waals surface area contributed by atoms with Gasteiger partial charge in [0.25, 0.3) is 0 Å². The van der Waals surface area contributed by atoms with Crippen LogP contribution < -0.4 is 10.1 Å². The Balaban J connectivity index is 2.10. The predicted molar refractivity (Wildman–Crippen MR) is 110 cm³/mol. The fourth-order valence-electron chi connectivity index (χ4n) is 3.07. The van der Waals surface area contributed by atoms with Crippen LogP contribution in [0.3, 0.4) is 0 Å². The van der Waals surface area contributed by atoms with Gasteiger partial charge < -0.3 is 10.1 Å². The molecule has 0 fully saturated rings. The number of hydrogen-bond acceptors (Lipinski definition) is 4. The van der Waals surface area contributed by atoms with Gasteiger partial charge in [0.15, 0.2) is 0 Å². The van der Waals surface area contributed by atoms with Crippen molar-refractivity contribution in [1.82, 2.24) is 9.62 Å². The molecule has 0 bridgehead atoms. The molecule has 1 atom stereocenters. The van der Waals surface area contributed by atoms with E-state index in [1.54, 1.807) is 19.2 Å². The first-order valence-electron chi connectivity index (χ1n) is 9.30. The zero-order valence-electron chi connectivity index (χ0n) is 16.8. The Bertz CT molecular complexity index is 844. The summed E-state index contributed by atoms with van der Waals surface area (Å²) in [6.07, 6.45) is 0. The zero-order valence-corrected chi connectivity index (χ0v) is 17.6. The SMILES string of the molecule is CCN(CC)S(=O)(=O)c1ccc([C@H](C)NCc2cc(C)ccc2OC)cc1. The summed E-state index contributed by atoms with van der Waals surface area (Å²) < 4.78 is 32.1. The van der Waals surface area contributed by atoms with Gasteiger partial charge in [0.1, 0.15) is 5.75 Å². The van der Waals surface area contributed by atoms with Gasteiger partial charge in [0.05, 0.1) is 12.0 Å². The molecule has 0 saturated heterocycles. The lowest BCUT2D eigenvalue weighted by atomic mass is 10.1. The van der Waals surface area contributed by atoms with Gasteiger partial charge in [-0.25, -0.2) is 8.42 Å². The van der Waals surface area contributed by atoms with Crippen LogP contribution in [0.4, 0.5) is 0 Å².